The van der Waals surface area contributed by atoms with Crippen molar-refractivity contribution in [3.05, 3.63) is 11.6 Å². The van der Waals surface area contributed by atoms with Gasteiger partial charge in [-0.3, -0.25) is 9.63 Å². The largest absolute Gasteiger partial charge is 0.396 e. The van der Waals surface area contributed by atoms with Crippen LogP contribution in [0.4, 0.5) is 0 Å². The van der Waals surface area contributed by atoms with Crippen LogP contribution >= 0.6 is 0 Å². The summed E-state index contributed by atoms with van der Waals surface area (Å²) in [4.78, 5) is 15.9. The van der Waals surface area contributed by atoms with Crippen molar-refractivity contribution in [1.82, 2.24) is 5.06 Å². The third-order valence-corrected chi connectivity index (χ3v) is 1.74. The fraction of sp³-hybridized carbons (Fsp3) is 0.625. The van der Waals surface area contributed by atoms with Gasteiger partial charge in [0, 0.05) is 13.5 Å². The van der Waals surface area contributed by atoms with Crippen molar-refractivity contribution in [3.63, 3.8) is 0 Å². The molecule has 0 fully saturated rings. The molecule has 0 aromatic rings. The van der Waals surface area contributed by atoms with Gasteiger partial charge in [-0.15, -0.1) is 0 Å². The van der Waals surface area contributed by atoms with Crippen LogP contribution in [0, 0.1) is 0 Å². The highest BCUT2D eigenvalue weighted by Crippen LogP contribution is 2.09. The zero-order valence-electron chi connectivity index (χ0n) is 7.12. The Morgan fingerprint density at radius 2 is 2.58 bits per heavy atom. The maximum absolute atomic E-state index is 10.8. The molecule has 4 nitrogen and oxygen atoms in total. The smallest absolute Gasteiger partial charge is 0.243 e. The van der Waals surface area contributed by atoms with Crippen LogP contribution in [0.25, 0.3) is 0 Å². The number of hydrogen-bond acceptors (Lipinski definition) is 3. The van der Waals surface area contributed by atoms with E-state index in [4.69, 9.17) is 9.94 Å². The molecule has 4 heteroatoms. The molecular formula is C8H13NO3. The van der Waals surface area contributed by atoms with E-state index in [9.17, 15) is 4.79 Å². The van der Waals surface area contributed by atoms with Crippen LogP contribution in [0.1, 0.15) is 13.3 Å². The monoisotopic (exact) mass is 171 g/mol. The van der Waals surface area contributed by atoms with Gasteiger partial charge in [0.25, 0.3) is 0 Å². The van der Waals surface area contributed by atoms with Gasteiger partial charge in [-0.1, -0.05) is 6.08 Å². The second kappa shape index (κ2) is 4.23. The Morgan fingerprint density at radius 3 is 3.00 bits per heavy atom. The van der Waals surface area contributed by atoms with E-state index in [0.717, 1.165) is 5.57 Å². The lowest BCUT2D eigenvalue weighted by atomic mass is 10.2. The van der Waals surface area contributed by atoms with Crippen LogP contribution in [0.2, 0.25) is 0 Å². The number of aliphatic hydroxyl groups is 1. The third kappa shape index (κ3) is 2.32. The van der Waals surface area contributed by atoms with Gasteiger partial charge in [-0.2, -0.15) is 0 Å². The van der Waals surface area contributed by atoms with Gasteiger partial charge in [0.2, 0.25) is 5.91 Å². The number of hydroxylamine groups is 2. The molecule has 1 rings (SSSR count). The lowest BCUT2D eigenvalue weighted by Gasteiger charge is -2.24. The number of carbonyl (C=O) groups excluding carboxylic acids is 1. The first kappa shape index (κ1) is 9.22. The molecule has 0 spiro atoms. The van der Waals surface area contributed by atoms with Crippen molar-refractivity contribution in [2.75, 3.05) is 19.8 Å². The van der Waals surface area contributed by atoms with Crippen molar-refractivity contribution < 1.29 is 14.7 Å². The van der Waals surface area contributed by atoms with Crippen LogP contribution in [0.3, 0.4) is 0 Å². The molecule has 0 radical (unpaired) electrons. The fourth-order valence-corrected chi connectivity index (χ4v) is 1.02. The van der Waals surface area contributed by atoms with E-state index in [1.807, 2.05) is 6.08 Å². The Morgan fingerprint density at radius 1 is 1.83 bits per heavy atom. The van der Waals surface area contributed by atoms with Gasteiger partial charge in [0.05, 0.1) is 13.2 Å². The molecule has 68 valence electrons. The molecule has 12 heavy (non-hydrogen) atoms. The molecule has 1 heterocycles. The molecule has 0 aromatic carbocycles. The molecule has 0 aliphatic carbocycles. The van der Waals surface area contributed by atoms with E-state index in [1.165, 1.54) is 12.0 Å². The van der Waals surface area contributed by atoms with E-state index in [1.54, 1.807) is 0 Å². The molecule has 0 aromatic heterocycles. The zero-order chi connectivity index (χ0) is 8.97. The quantitative estimate of drug-likeness (QED) is 0.599. The van der Waals surface area contributed by atoms with Crippen molar-refractivity contribution in [3.8, 4) is 0 Å². The second-order valence-corrected chi connectivity index (χ2v) is 2.69. The summed E-state index contributed by atoms with van der Waals surface area (Å²) in [5.74, 6) is -0.0886. The molecule has 0 bridgehead atoms. The summed E-state index contributed by atoms with van der Waals surface area (Å²) in [5, 5.41) is 9.92. The number of hydrogen-bond donors (Lipinski definition) is 1. The van der Waals surface area contributed by atoms with E-state index in [2.05, 4.69) is 0 Å². The summed E-state index contributed by atoms with van der Waals surface area (Å²) < 4.78 is 0. The highest BCUT2D eigenvalue weighted by Gasteiger charge is 2.13. The lowest BCUT2D eigenvalue weighted by molar-refractivity contribution is -0.180. The third-order valence-electron chi connectivity index (χ3n) is 1.74. The topological polar surface area (TPSA) is 49.8 Å². The van der Waals surface area contributed by atoms with Crippen molar-refractivity contribution >= 4 is 5.91 Å². The maximum Gasteiger partial charge on any atom is 0.243 e. The predicted octanol–water partition coefficient (Wildman–Crippen LogP) is 0.0889. The standard InChI is InChI=1S/C8H13NO3/c1-7(11)9-4-2-8(3-5-10)6-12-9/h2,10H,3-6H2,1H3. The Bertz CT molecular complexity index is 200. The lowest BCUT2D eigenvalue weighted by Crippen LogP contribution is -2.33. The minimum absolute atomic E-state index is 0.0886. The van der Waals surface area contributed by atoms with E-state index in [-0.39, 0.29) is 12.5 Å². The van der Waals surface area contributed by atoms with E-state index >= 15 is 0 Å². The van der Waals surface area contributed by atoms with Gasteiger partial charge in [0.1, 0.15) is 0 Å². The first-order valence-corrected chi connectivity index (χ1v) is 3.94. The van der Waals surface area contributed by atoms with Crippen molar-refractivity contribution in [1.29, 1.82) is 0 Å². The van der Waals surface area contributed by atoms with E-state index < -0.39 is 0 Å². The average Bonchev–Trinajstić information content (AvgIpc) is 2.06. The second-order valence-electron chi connectivity index (χ2n) is 2.69. The minimum atomic E-state index is -0.0886. The summed E-state index contributed by atoms with van der Waals surface area (Å²) in [6.45, 7) is 2.50. The van der Waals surface area contributed by atoms with Crippen LogP contribution in [-0.4, -0.2) is 35.8 Å². The number of carbonyl (C=O) groups is 1. The number of aliphatic hydroxyl groups excluding tert-OH is 1. The Balaban J connectivity index is 2.42. The van der Waals surface area contributed by atoms with Crippen LogP contribution in [0.15, 0.2) is 11.6 Å². The minimum Gasteiger partial charge on any atom is -0.396 e. The van der Waals surface area contributed by atoms with Gasteiger partial charge in [-0.25, -0.2) is 5.06 Å². The Hall–Kier alpha value is -0.870. The van der Waals surface area contributed by atoms with Crippen LogP contribution in [-0.2, 0) is 9.63 Å². The SMILES string of the molecule is CC(=O)N1CC=C(CCO)CO1. The summed E-state index contributed by atoms with van der Waals surface area (Å²) >= 11 is 0. The Labute approximate surface area is 71.4 Å². The summed E-state index contributed by atoms with van der Waals surface area (Å²) in [7, 11) is 0. The molecule has 0 unspecified atom stereocenters. The molecular weight excluding hydrogens is 158 g/mol. The predicted molar refractivity (Wildman–Crippen MR) is 43.1 cm³/mol. The molecule has 0 saturated heterocycles. The molecule has 1 aliphatic heterocycles. The summed E-state index contributed by atoms with van der Waals surface area (Å²) in [6.07, 6.45) is 2.55. The van der Waals surface area contributed by atoms with Gasteiger partial charge in [-0.05, 0) is 12.0 Å². The van der Waals surface area contributed by atoms with Crippen molar-refractivity contribution in [2.24, 2.45) is 0 Å². The first-order valence-electron chi connectivity index (χ1n) is 3.94. The molecule has 1 N–H and O–H groups in total. The van der Waals surface area contributed by atoms with Gasteiger partial charge in [0.15, 0.2) is 0 Å². The van der Waals surface area contributed by atoms with Crippen LogP contribution < -0.4 is 0 Å². The molecule has 1 amide bonds. The number of amides is 1. The first-order chi connectivity index (χ1) is 5.74. The molecule has 1 aliphatic rings. The Kier molecular flexibility index (Phi) is 3.25. The molecule has 0 atom stereocenters. The number of nitrogens with zero attached hydrogens (tertiary/aromatic N) is 1. The highest BCUT2D eigenvalue weighted by molar-refractivity contribution is 5.72. The fourth-order valence-electron chi connectivity index (χ4n) is 1.02. The number of rotatable bonds is 2. The zero-order valence-corrected chi connectivity index (χ0v) is 7.12. The van der Waals surface area contributed by atoms with Crippen LogP contribution in [0.5, 0.6) is 0 Å². The summed E-state index contributed by atoms with van der Waals surface area (Å²) in [5.41, 5.74) is 1.05. The van der Waals surface area contributed by atoms with Gasteiger partial charge < -0.3 is 5.11 Å². The van der Waals surface area contributed by atoms with Gasteiger partial charge >= 0.3 is 0 Å². The van der Waals surface area contributed by atoms with E-state index in [0.29, 0.717) is 19.6 Å². The maximum atomic E-state index is 10.8. The summed E-state index contributed by atoms with van der Waals surface area (Å²) in [6, 6.07) is 0. The molecule has 0 saturated carbocycles. The average molecular weight is 171 g/mol. The highest BCUT2D eigenvalue weighted by atomic mass is 16.7. The normalized spacial score (nSPS) is 17.5. The van der Waals surface area contributed by atoms with Crippen molar-refractivity contribution in [2.45, 2.75) is 13.3 Å².